The first-order valence-corrected chi connectivity index (χ1v) is 11.1. The van der Waals surface area contributed by atoms with Gasteiger partial charge in [-0.3, -0.25) is 14.6 Å². The van der Waals surface area contributed by atoms with E-state index < -0.39 is 22.8 Å². The van der Waals surface area contributed by atoms with Crippen molar-refractivity contribution in [3.63, 3.8) is 0 Å². The highest BCUT2D eigenvalue weighted by molar-refractivity contribution is 5.98. The number of primary amides is 1. The molecule has 0 fully saturated rings. The Labute approximate surface area is 194 Å². The summed E-state index contributed by atoms with van der Waals surface area (Å²) in [6.45, 7) is 8.06. The maximum absolute atomic E-state index is 12.9. The summed E-state index contributed by atoms with van der Waals surface area (Å²) in [6.07, 6.45) is 3.53. The minimum atomic E-state index is -0.834. The average Bonchev–Trinajstić information content (AvgIpc) is 2.77. The number of carbonyl (C=O) groups is 2. The predicted octanol–water partition coefficient (Wildman–Crippen LogP) is 4.25. The van der Waals surface area contributed by atoms with E-state index in [0.29, 0.717) is 6.54 Å². The minimum Gasteiger partial charge on any atom is -0.381 e. The normalized spacial score (nSPS) is 21.2. The number of aromatic nitrogens is 1. The summed E-state index contributed by atoms with van der Waals surface area (Å²) < 4.78 is 0. The lowest BCUT2D eigenvalue weighted by Gasteiger charge is -2.55. The van der Waals surface area contributed by atoms with Gasteiger partial charge in [-0.25, -0.2) is 0 Å². The van der Waals surface area contributed by atoms with E-state index in [-0.39, 0.29) is 5.91 Å². The Morgan fingerprint density at radius 1 is 1.03 bits per heavy atom. The van der Waals surface area contributed by atoms with Crippen LogP contribution in [0.15, 0.2) is 73.1 Å². The van der Waals surface area contributed by atoms with Crippen LogP contribution in [0.4, 0.5) is 11.4 Å². The van der Waals surface area contributed by atoms with Crippen LogP contribution in [0.3, 0.4) is 0 Å². The van der Waals surface area contributed by atoms with Gasteiger partial charge in [-0.05, 0) is 54.8 Å². The van der Waals surface area contributed by atoms with Gasteiger partial charge in [-0.2, -0.15) is 0 Å². The first-order valence-electron chi connectivity index (χ1n) is 11.1. The third-order valence-electron chi connectivity index (χ3n) is 6.88. The number of nitrogens with one attached hydrogen (secondary N) is 1. The third kappa shape index (κ3) is 3.75. The molecule has 1 aliphatic heterocycles. The molecule has 0 aliphatic carbocycles. The van der Waals surface area contributed by atoms with Crippen LogP contribution in [0.2, 0.25) is 0 Å². The van der Waals surface area contributed by atoms with Crippen molar-refractivity contribution < 1.29 is 9.59 Å². The Balaban J connectivity index is 1.89. The molecule has 6 heteroatoms. The fourth-order valence-electron chi connectivity index (χ4n) is 5.59. The molecule has 1 aromatic heterocycles. The molecule has 0 spiro atoms. The summed E-state index contributed by atoms with van der Waals surface area (Å²) in [5, 5.41) is 3.44. The molecule has 6 nitrogen and oxygen atoms in total. The van der Waals surface area contributed by atoms with Crippen molar-refractivity contribution in [2.24, 2.45) is 11.7 Å². The van der Waals surface area contributed by atoms with Crippen molar-refractivity contribution in [2.75, 3.05) is 10.2 Å². The molecule has 0 saturated carbocycles. The molecule has 0 radical (unpaired) electrons. The van der Waals surface area contributed by atoms with Gasteiger partial charge in [0.05, 0.1) is 17.1 Å². The monoisotopic (exact) mass is 442 g/mol. The molecular weight excluding hydrogens is 412 g/mol. The van der Waals surface area contributed by atoms with E-state index in [0.717, 1.165) is 28.1 Å². The van der Waals surface area contributed by atoms with Crippen molar-refractivity contribution in [3.05, 3.63) is 89.7 Å². The van der Waals surface area contributed by atoms with Crippen molar-refractivity contribution in [3.8, 4) is 0 Å². The van der Waals surface area contributed by atoms with Gasteiger partial charge in [0, 0.05) is 37.0 Å². The fraction of sp³-hybridized carbons (Fsp3) is 0.296. The van der Waals surface area contributed by atoms with Crippen molar-refractivity contribution >= 4 is 23.2 Å². The molecule has 4 rings (SSSR count). The zero-order valence-electron chi connectivity index (χ0n) is 19.5. The minimum absolute atomic E-state index is 0.131. The smallest absolute Gasteiger partial charge is 0.224 e. The molecule has 2 amide bonds. The Morgan fingerprint density at radius 2 is 1.70 bits per heavy atom. The van der Waals surface area contributed by atoms with Gasteiger partial charge in [0.2, 0.25) is 11.8 Å². The van der Waals surface area contributed by atoms with E-state index in [4.69, 9.17) is 5.73 Å². The second-order valence-corrected chi connectivity index (χ2v) is 9.35. The molecule has 3 N–H and O–H groups in total. The van der Waals surface area contributed by atoms with Gasteiger partial charge in [0.1, 0.15) is 0 Å². The van der Waals surface area contributed by atoms with E-state index in [9.17, 15) is 9.59 Å². The average molecular weight is 443 g/mol. The maximum atomic E-state index is 12.9. The Morgan fingerprint density at radius 3 is 2.30 bits per heavy atom. The standard InChI is InChI=1S/C27H30N4O2/c1-18(32)31-23-16-21(30-17-19-12-14-29-15-13-19)10-11-22(23)27(4,20-8-6-5-7-9-20)24(25(28)33)26(31,2)3/h5-16,24,30H,17H2,1-4H3,(H2,28,33). The molecule has 2 aromatic carbocycles. The van der Waals surface area contributed by atoms with Crippen LogP contribution in [0.5, 0.6) is 0 Å². The number of hydrogen-bond acceptors (Lipinski definition) is 4. The van der Waals surface area contributed by atoms with Crippen LogP contribution in [-0.4, -0.2) is 22.3 Å². The lowest BCUT2D eigenvalue weighted by Crippen LogP contribution is -2.65. The van der Waals surface area contributed by atoms with E-state index in [1.165, 1.54) is 6.92 Å². The molecule has 2 unspecified atom stereocenters. The molecule has 0 saturated heterocycles. The summed E-state index contributed by atoms with van der Waals surface area (Å²) >= 11 is 0. The number of rotatable bonds is 5. The summed E-state index contributed by atoms with van der Waals surface area (Å²) in [6, 6.07) is 19.9. The molecule has 1 aliphatic rings. The molecule has 2 heterocycles. The highest BCUT2D eigenvalue weighted by atomic mass is 16.2. The summed E-state index contributed by atoms with van der Waals surface area (Å²) in [5.74, 6) is -1.18. The SMILES string of the molecule is CC(=O)N1c2cc(NCc3ccncc3)ccc2C(C)(c2ccccc2)C(C(N)=O)C1(C)C. The zero-order valence-corrected chi connectivity index (χ0v) is 19.5. The van der Waals surface area contributed by atoms with Crippen molar-refractivity contribution in [2.45, 2.75) is 45.2 Å². The molecule has 33 heavy (non-hydrogen) atoms. The lowest BCUT2D eigenvalue weighted by molar-refractivity contribution is -0.127. The van der Waals surface area contributed by atoms with Crippen LogP contribution in [0.1, 0.15) is 44.4 Å². The number of nitrogens with two attached hydrogens (primary N) is 1. The number of fused-ring (bicyclic) bond motifs is 1. The number of nitrogens with zero attached hydrogens (tertiary/aromatic N) is 2. The Hall–Kier alpha value is -3.67. The Bertz CT molecular complexity index is 1180. The molecule has 2 atom stereocenters. The second kappa shape index (κ2) is 8.35. The summed E-state index contributed by atoms with van der Waals surface area (Å²) in [7, 11) is 0. The third-order valence-corrected chi connectivity index (χ3v) is 6.88. The number of hydrogen-bond donors (Lipinski definition) is 2. The summed E-state index contributed by atoms with van der Waals surface area (Å²) in [4.78, 5) is 31.6. The van der Waals surface area contributed by atoms with Gasteiger partial charge in [0.15, 0.2) is 0 Å². The second-order valence-electron chi connectivity index (χ2n) is 9.35. The number of pyridine rings is 1. The predicted molar refractivity (Wildman–Crippen MR) is 131 cm³/mol. The first kappa shape index (κ1) is 22.5. The summed E-state index contributed by atoms with van der Waals surface area (Å²) in [5.41, 5.74) is 9.16. The van der Waals surface area contributed by atoms with Gasteiger partial charge in [-0.1, -0.05) is 43.3 Å². The van der Waals surface area contributed by atoms with E-state index >= 15 is 0 Å². The quantitative estimate of drug-likeness (QED) is 0.618. The highest BCUT2D eigenvalue weighted by Crippen LogP contribution is 2.54. The first-order chi connectivity index (χ1) is 15.7. The number of carbonyl (C=O) groups excluding carboxylic acids is 2. The van der Waals surface area contributed by atoms with Gasteiger partial charge >= 0.3 is 0 Å². The highest BCUT2D eigenvalue weighted by Gasteiger charge is 2.57. The number of amides is 2. The van der Waals surface area contributed by atoms with Gasteiger partial charge in [-0.15, -0.1) is 0 Å². The van der Waals surface area contributed by atoms with Gasteiger partial charge < -0.3 is 16.0 Å². The fourth-order valence-corrected chi connectivity index (χ4v) is 5.59. The number of benzene rings is 2. The van der Waals surface area contributed by atoms with Crippen LogP contribution in [0.25, 0.3) is 0 Å². The van der Waals surface area contributed by atoms with E-state index in [2.05, 4.69) is 17.2 Å². The topological polar surface area (TPSA) is 88.3 Å². The molecule has 0 bridgehead atoms. The maximum Gasteiger partial charge on any atom is 0.224 e. The molecule has 3 aromatic rings. The molecule has 170 valence electrons. The van der Waals surface area contributed by atoms with Crippen LogP contribution >= 0.6 is 0 Å². The van der Waals surface area contributed by atoms with Gasteiger partial charge in [0.25, 0.3) is 0 Å². The van der Waals surface area contributed by atoms with Crippen molar-refractivity contribution in [1.29, 1.82) is 0 Å². The Kier molecular flexibility index (Phi) is 5.70. The van der Waals surface area contributed by atoms with Crippen molar-refractivity contribution in [1.82, 2.24) is 4.98 Å². The van der Waals surface area contributed by atoms with E-state index in [1.54, 1.807) is 17.3 Å². The van der Waals surface area contributed by atoms with Crippen LogP contribution in [0, 0.1) is 5.92 Å². The van der Waals surface area contributed by atoms with Crippen LogP contribution < -0.4 is 16.0 Å². The van der Waals surface area contributed by atoms with Crippen LogP contribution in [-0.2, 0) is 21.5 Å². The number of anilines is 2. The molecular formula is C27H30N4O2. The largest absolute Gasteiger partial charge is 0.381 e. The lowest BCUT2D eigenvalue weighted by atomic mass is 9.57. The van der Waals surface area contributed by atoms with E-state index in [1.807, 2.05) is 74.5 Å². The zero-order chi connectivity index (χ0) is 23.8.